The van der Waals surface area contributed by atoms with Crippen molar-refractivity contribution in [2.45, 2.75) is 90.9 Å². The lowest BCUT2D eigenvalue weighted by Gasteiger charge is -2.30. The summed E-state index contributed by atoms with van der Waals surface area (Å²) in [5, 5.41) is 4.93. The zero-order valence-electron chi connectivity index (χ0n) is 37.8. The molecule has 0 amide bonds. The minimum Gasteiger partial charge on any atom is -0.456 e. The van der Waals surface area contributed by atoms with Crippen LogP contribution >= 0.6 is 0 Å². The quantitative estimate of drug-likeness (QED) is 0.176. The molecule has 0 aliphatic heterocycles. The van der Waals surface area contributed by atoms with Crippen LogP contribution in [0.2, 0.25) is 0 Å². The van der Waals surface area contributed by atoms with Gasteiger partial charge in [0.25, 0.3) is 0 Å². The van der Waals surface area contributed by atoms with Crippen LogP contribution in [0.25, 0.3) is 66.1 Å². The molecule has 0 spiro atoms. The first-order valence-corrected chi connectivity index (χ1v) is 22.3. The van der Waals surface area contributed by atoms with Crippen LogP contribution in [0.1, 0.15) is 103 Å². The Bertz CT molecular complexity index is 3300. The Hall–Kier alpha value is -6.38. The van der Waals surface area contributed by atoms with E-state index < -0.39 is 0 Å². The number of anilines is 3. The molecule has 1 heterocycles. The van der Waals surface area contributed by atoms with Crippen LogP contribution < -0.4 is 4.90 Å². The molecular weight excluding hydrogens is 751 g/mol. The second kappa shape index (κ2) is 13.1. The number of furan rings is 1. The summed E-state index contributed by atoms with van der Waals surface area (Å²) in [4.78, 5) is 2.47. The predicted octanol–water partition coefficient (Wildman–Crippen LogP) is 17.1. The fourth-order valence-corrected chi connectivity index (χ4v) is 10.8. The van der Waals surface area contributed by atoms with Gasteiger partial charge in [0.15, 0.2) is 0 Å². The molecule has 0 fully saturated rings. The van der Waals surface area contributed by atoms with E-state index in [-0.39, 0.29) is 21.7 Å². The van der Waals surface area contributed by atoms with E-state index in [2.05, 4.69) is 226 Å². The van der Waals surface area contributed by atoms with Crippen molar-refractivity contribution in [1.82, 2.24) is 0 Å². The molecule has 0 saturated carbocycles. The summed E-state index contributed by atoms with van der Waals surface area (Å²) in [7, 11) is 0. The highest BCUT2D eigenvalue weighted by atomic mass is 16.3. The van der Waals surface area contributed by atoms with E-state index in [0.29, 0.717) is 0 Å². The summed E-state index contributed by atoms with van der Waals surface area (Å²) in [5.41, 5.74) is 20.7. The molecule has 0 N–H and O–H groups in total. The van der Waals surface area contributed by atoms with Crippen LogP contribution in [0, 0.1) is 0 Å². The first-order valence-electron chi connectivity index (χ1n) is 22.3. The second-order valence-electron chi connectivity index (χ2n) is 21.1. The maximum atomic E-state index is 6.91. The third-order valence-corrected chi connectivity index (χ3v) is 14.3. The number of rotatable bonds is 4. The zero-order chi connectivity index (χ0) is 43.1. The number of hydrogen-bond donors (Lipinski definition) is 0. The van der Waals surface area contributed by atoms with Crippen molar-refractivity contribution in [1.29, 1.82) is 0 Å². The van der Waals surface area contributed by atoms with E-state index >= 15 is 0 Å². The summed E-state index contributed by atoms with van der Waals surface area (Å²) in [6, 6.07) is 57.2. The summed E-state index contributed by atoms with van der Waals surface area (Å²) in [5.74, 6) is 0. The van der Waals surface area contributed by atoms with Gasteiger partial charge in [0.05, 0.1) is 0 Å². The topological polar surface area (TPSA) is 16.4 Å². The van der Waals surface area contributed by atoms with Crippen molar-refractivity contribution in [2.75, 3.05) is 4.90 Å². The summed E-state index contributed by atoms with van der Waals surface area (Å²) in [6.07, 6.45) is 0. The van der Waals surface area contributed by atoms with E-state index in [1.807, 2.05) is 0 Å². The highest BCUT2D eigenvalue weighted by Gasteiger charge is 2.39. The Morgan fingerprint density at radius 2 is 0.984 bits per heavy atom. The third-order valence-electron chi connectivity index (χ3n) is 14.3. The van der Waals surface area contributed by atoms with Crippen LogP contribution in [-0.4, -0.2) is 0 Å². The van der Waals surface area contributed by atoms with Crippen molar-refractivity contribution in [3.8, 4) is 33.4 Å². The molecule has 2 aliphatic carbocycles. The van der Waals surface area contributed by atoms with E-state index in [4.69, 9.17) is 4.42 Å². The smallest absolute Gasteiger partial charge is 0.139 e. The summed E-state index contributed by atoms with van der Waals surface area (Å²) in [6.45, 7) is 23.3. The van der Waals surface area contributed by atoms with Crippen LogP contribution in [0.5, 0.6) is 0 Å². The molecule has 0 bridgehead atoms. The Labute approximate surface area is 366 Å². The number of hydrogen-bond acceptors (Lipinski definition) is 2. The van der Waals surface area contributed by atoms with E-state index in [9.17, 15) is 0 Å². The zero-order valence-corrected chi connectivity index (χ0v) is 37.8. The molecule has 11 rings (SSSR count). The molecular formula is C60H55NO. The molecule has 2 nitrogen and oxygen atoms in total. The maximum Gasteiger partial charge on any atom is 0.139 e. The Kier molecular flexibility index (Phi) is 8.12. The van der Waals surface area contributed by atoms with Gasteiger partial charge in [-0.1, -0.05) is 166 Å². The lowest BCUT2D eigenvalue weighted by molar-refractivity contribution is 0.559. The monoisotopic (exact) mass is 805 g/mol. The standard InChI is InChI=1S/C60H55NO/c1-57(2,3)38-30-49-48-34-47-46-29-27-41(33-52(46)60(9,10)53(47)35-55(48)62-56(49)54(31-38)58(4,5)6)61(40-26-28-45-44-19-13-14-21-50(44)59(7,8)51(45)32-40)39-24-22-37(23-25-39)43-20-15-17-36-16-11-12-18-42(36)43/h11-35H,1-10H3. The van der Waals surface area contributed by atoms with Crippen molar-refractivity contribution in [3.63, 3.8) is 0 Å². The molecule has 0 saturated heterocycles. The second-order valence-corrected chi connectivity index (χ2v) is 21.1. The minimum absolute atomic E-state index is 0.0141. The van der Waals surface area contributed by atoms with E-state index in [1.165, 1.54) is 88.3 Å². The number of nitrogens with zero attached hydrogens (tertiary/aromatic N) is 1. The SMILES string of the molecule is CC(C)(C)c1cc(C(C)(C)C)c2oc3cc4c(cc3c2c1)-c1ccc(N(c2ccc(-c3cccc5ccccc35)cc2)c2ccc3c(c2)C(C)(C)c2ccccc2-3)cc1C4(C)C. The van der Waals surface area contributed by atoms with Crippen molar-refractivity contribution < 1.29 is 4.42 Å². The molecule has 2 heteroatoms. The average molecular weight is 806 g/mol. The van der Waals surface area contributed by atoms with Crippen LogP contribution in [0.3, 0.4) is 0 Å². The van der Waals surface area contributed by atoms with Gasteiger partial charge in [-0.15, -0.1) is 0 Å². The first kappa shape index (κ1) is 38.5. The Morgan fingerprint density at radius 3 is 1.68 bits per heavy atom. The van der Waals surface area contributed by atoms with Gasteiger partial charge in [-0.25, -0.2) is 0 Å². The van der Waals surface area contributed by atoms with Gasteiger partial charge in [0, 0.05) is 44.2 Å². The fraction of sp³-hybridized carbons (Fsp3) is 0.233. The van der Waals surface area contributed by atoms with Crippen LogP contribution in [-0.2, 0) is 21.7 Å². The van der Waals surface area contributed by atoms with Crippen molar-refractivity contribution in [2.24, 2.45) is 0 Å². The van der Waals surface area contributed by atoms with E-state index in [1.54, 1.807) is 0 Å². The van der Waals surface area contributed by atoms with Gasteiger partial charge in [-0.3, -0.25) is 0 Å². The van der Waals surface area contributed by atoms with Gasteiger partial charge in [-0.05, 0) is 137 Å². The molecule has 8 aromatic carbocycles. The highest BCUT2D eigenvalue weighted by molar-refractivity contribution is 6.09. The van der Waals surface area contributed by atoms with Crippen LogP contribution in [0.4, 0.5) is 17.1 Å². The largest absolute Gasteiger partial charge is 0.456 e. The minimum atomic E-state index is -0.247. The fourth-order valence-electron chi connectivity index (χ4n) is 10.8. The van der Waals surface area contributed by atoms with E-state index in [0.717, 1.165) is 28.2 Å². The van der Waals surface area contributed by atoms with Gasteiger partial charge in [-0.2, -0.15) is 0 Å². The predicted molar refractivity (Wildman–Crippen MR) is 264 cm³/mol. The normalized spacial score (nSPS) is 14.9. The average Bonchev–Trinajstić information content (AvgIpc) is 3.81. The molecule has 1 aromatic heterocycles. The van der Waals surface area contributed by atoms with Crippen molar-refractivity contribution in [3.05, 3.63) is 185 Å². The van der Waals surface area contributed by atoms with Gasteiger partial charge in [0.1, 0.15) is 11.2 Å². The Morgan fingerprint density at radius 1 is 0.419 bits per heavy atom. The molecule has 0 radical (unpaired) electrons. The molecule has 306 valence electrons. The van der Waals surface area contributed by atoms with Crippen molar-refractivity contribution >= 4 is 49.8 Å². The lowest BCUT2D eigenvalue weighted by atomic mass is 9.79. The molecule has 62 heavy (non-hydrogen) atoms. The van der Waals surface area contributed by atoms with Gasteiger partial charge in [0.2, 0.25) is 0 Å². The number of benzene rings is 8. The maximum absolute atomic E-state index is 6.91. The highest BCUT2D eigenvalue weighted by Crippen LogP contribution is 2.55. The molecule has 9 aromatic rings. The molecule has 0 unspecified atom stereocenters. The Balaban J connectivity index is 1.07. The molecule has 2 aliphatic rings. The van der Waals surface area contributed by atoms with Gasteiger partial charge >= 0.3 is 0 Å². The van der Waals surface area contributed by atoms with Gasteiger partial charge < -0.3 is 9.32 Å². The third kappa shape index (κ3) is 5.68. The first-order chi connectivity index (χ1) is 29.5. The molecule has 0 atom stereocenters. The summed E-state index contributed by atoms with van der Waals surface area (Å²) < 4.78 is 6.91. The lowest BCUT2D eigenvalue weighted by Crippen LogP contribution is -2.18. The summed E-state index contributed by atoms with van der Waals surface area (Å²) >= 11 is 0. The van der Waals surface area contributed by atoms with Crippen LogP contribution in [0.15, 0.2) is 156 Å². The number of fused-ring (bicyclic) bond motifs is 10.